The molecule has 0 unspecified atom stereocenters. The van der Waals surface area contributed by atoms with Crippen molar-refractivity contribution in [3.8, 4) is 0 Å². The molecule has 0 saturated carbocycles. The van der Waals surface area contributed by atoms with Gasteiger partial charge in [-0.05, 0) is 60.0 Å². The van der Waals surface area contributed by atoms with Crippen LogP contribution in [-0.4, -0.2) is 150 Å². The Morgan fingerprint density at radius 1 is 1.04 bits per heavy atom. The first-order chi connectivity index (χ1) is 24.4. The van der Waals surface area contributed by atoms with E-state index in [1.54, 1.807) is 58.0 Å². The van der Waals surface area contributed by atoms with Gasteiger partial charge in [-0.25, -0.2) is 0 Å². The van der Waals surface area contributed by atoms with E-state index in [0.29, 0.717) is 12.7 Å². The lowest BCUT2D eigenvalue weighted by Crippen LogP contribution is -2.65. The molecular formula is C37H61NO14. The van der Waals surface area contributed by atoms with Crippen LogP contribution in [0.25, 0.3) is 0 Å². The summed E-state index contributed by atoms with van der Waals surface area (Å²) in [5.41, 5.74) is -1.48. The molecule has 2 saturated heterocycles. The predicted molar refractivity (Wildman–Crippen MR) is 187 cm³/mol. The van der Waals surface area contributed by atoms with Crippen molar-refractivity contribution in [2.24, 2.45) is 11.8 Å². The van der Waals surface area contributed by atoms with E-state index in [1.165, 1.54) is 21.0 Å². The molecule has 16 atom stereocenters. The number of ether oxygens (including phenoxy) is 7. The molecule has 0 spiro atoms. The van der Waals surface area contributed by atoms with E-state index in [9.17, 15) is 34.8 Å². The highest BCUT2D eigenvalue weighted by molar-refractivity contribution is 5.72. The van der Waals surface area contributed by atoms with Crippen LogP contribution >= 0.6 is 0 Å². The van der Waals surface area contributed by atoms with E-state index in [2.05, 4.69) is 0 Å². The summed E-state index contributed by atoms with van der Waals surface area (Å²) in [6.07, 6.45) is -4.17. The van der Waals surface area contributed by atoms with Crippen molar-refractivity contribution in [1.82, 2.24) is 4.90 Å². The number of rotatable bonds is 9. The van der Waals surface area contributed by atoms with Crippen molar-refractivity contribution in [2.45, 2.75) is 159 Å². The molecule has 15 nitrogen and oxygen atoms in total. The van der Waals surface area contributed by atoms with E-state index >= 15 is 0 Å². The molecule has 0 amide bonds. The molecule has 2 fully saturated rings. The van der Waals surface area contributed by atoms with E-state index in [0.717, 1.165) is 0 Å². The van der Waals surface area contributed by atoms with Gasteiger partial charge in [0.25, 0.3) is 0 Å². The second-order valence-electron chi connectivity index (χ2n) is 14.9. The highest BCUT2D eigenvalue weighted by atomic mass is 16.7. The highest BCUT2D eigenvalue weighted by Gasteiger charge is 2.52. The number of methoxy groups -OCH3 is 1. The Morgan fingerprint density at radius 3 is 2.33 bits per heavy atom. The van der Waals surface area contributed by atoms with Crippen LogP contribution in [0.2, 0.25) is 0 Å². The van der Waals surface area contributed by atoms with Gasteiger partial charge in [-0.15, -0.1) is 0 Å². The number of cyclic esters (lactones) is 1. The number of hydrogen-bond donors (Lipinski definition) is 4. The van der Waals surface area contributed by atoms with Gasteiger partial charge in [-0.2, -0.15) is 0 Å². The van der Waals surface area contributed by atoms with Crippen LogP contribution in [0.1, 0.15) is 73.6 Å². The van der Waals surface area contributed by atoms with Gasteiger partial charge < -0.3 is 63.3 Å². The van der Waals surface area contributed by atoms with E-state index < -0.39 is 110 Å². The topological polar surface area (TPSA) is 200 Å². The summed E-state index contributed by atoms with van der Waals surface area (Å²) >= 11 is 0. The number of hydrogen-bond acceptors (Lipinski definition) is 15. The average molecular weight is 744 g/mol. The van der Waals surface area contributed by atoms with E-state index in [4.69, 9.17) is 33.2 Å². The molecule has 0 bridgehead atoms. The molecule has 15 heteroatoms. The smallest absolute Gasteiger partial charge is 0.309 e. The maximum Gasteiger partial charge on any atom is 0.309 e. The molecule has 3 rings (SSSR count). The van der Waals surface area contributed by atoms with Gasteiger partial charge in [0.1, 0.15) is 42.9 Å². The zero-order chi connectivity index (χ0) is 38.9. The fraction of sp³-hybridized carbons (Fsp3) is 0.811. The van der Waals surface area contributed by atoms with Crippen molar-refractivity contribution in [2.75, 3.05) is 21.2 Å². The zero-order valence-electron chi connectivity index (χ0n) is 31.9. The first-order valence-corrected chi connectivity index (χ1v) is 18.1. The van der Waals surface area contributed by atoms with Crippen LogP contribution in [0.15, 0.2) is 24.3 Å². The van der Waals surface area contributed by atoms with Crippen LogP contribution in [0.5, 0.6) is 0 Å². The Kier molecular flexibility index (Phi) is 16.8. The Morgan fingerprint density at radius 2 is 1.73 bits per heavy atom. The average Bonchev–Trinajstić information content (AvgIpc) is 3.03. The maximum absolute atomic E-state index is 13.2. The Hall–Kier alpha value is -2.31. The normalized spacial score (nSPS) is 44.0. The van der Waals surface area contributed by atoms with Crippen LogP contribution in [-0.2, 0) is 47.5 Å². The number of aldehydes is 1. The number of carbonyl (C=O) groups is 3. The third-order valence-electron chi connectivity index (χ3n) is 10.1. The summed E-state index contributed by atoms with van der Waals surface area (Å²) in [6, 6.07) is -0.749. The van der Waals surface area contributed by atoms with Gasteiger partial charge in [0, 0.05) is 33.3 Å². The number of carbonyl (C=O) groups excluding carboxylic acids is 3. The SMILES string of the molecule is CO[C@@H]1[C@@H](O[C@@H]2O[C@H](C)[C@@H](O[C@H]3C[C@@](C)(O)[C@@H](O)[C@H](C)O3)[C@H](N(C)C)[C@H]2O)[C@@H](CC=O)C[C@@H](C)[C@@H](O)/C=C\C=C\C[C@@H](C)OC(=O)C[C@H]1OC(C)=O. The summed E-state index contributed by atoms with van der Waals surface area (Å²) in [5, 5.41) is 44.1. The molecule has 298 valence electrons. The van der Waals surface area contributed by atoms with E-state index in [1.807, 2.05) is 13.0 Å². The molecule has 0 aromatic heterocycles. The number of aliphatic hydroxyl groups excluding tert-OH is 3. The predicted octanol–water partition coefficient (Wildman–Crippen LogP) is 1.42. The number of aliphatic hydroxyl groups is 4. The van der Waals surface area contributed by atoms with Gasteiger partial charge in [0.2, 0.25) is 0 Å². The summed E-state index contributed by atoms with van der Waals surface area (Å²) in [5.74, 6) is -2.40. The van der Waals surface area contributed by atoms with Crippen molar-refractivity contribution >= 4 is 18.2 Å². The minimum absolute atomic E-state index is 0.0306. The Bertz CT molecular complexity index is 1210. The number of likely N-dealkylation sites (N-methyl/N-ethyl adjacent to an activating group) is 1. The first kappa shape index (κ1) is 44.1. The van der Waals surface area contributed by atoms with Crippen molar-refractivity contribution in [1.29, 1.82) is 0 Å². The third kappa shape index (κ3) is 11.8. The van der Waals surface area contributed by atoms with Crippen molar-refractivity contribution < 1.29 is 68.0 Å². The largest absolute Gasteiger partial charge is 0.462 e. The number of nitrogens with zero attached hydrogens (tertiary/aromatic N) is 1. The third-order valence-corrected chi connectivity index (χ3v) is 10.1. The van der Waals surface area contributed by atoms with Crippen LogP contribution < -0.4 is 0 Å². The number of esters is 2. The molecule has 0 aliphatic carbocycles. The molecule has 3 aliphatic heterocycles. The Balaban J connectivity index is 2.03. The monoisotopic (exact) mass is 743 g/mol. The van der Waals surface area contributed by atoms with Crippen molar-refractivity contribution in [3.63, 3.8) is 0 Å². The summed E-state index contributed by atoms with van der Waals surface area (Å²) in [6.45, 7) is 9.61. The fourth-order valence-electron chi connectivity index (χ4n) is 7.34. The quantitative estimate of drug-likeness (QED) is 0.195. The molecular weight excluding hydrogens is 682 g/mol. The molecule has 0 aromatic rings. The lowest BCUT2D eigenvalue weighted by molar-refractivity contribution is -0.344. The maximum atomic E-state index is 13.2. The first-order valence-electron chi connectivity index (χ1n) is 18.1. The molecule has 3 heterocycles. The molecule has 0 radical (unpaired) electrons. The van der Waals surface area contributed by atoms with Crippen LogP contribution in [0.3, 0.4) is 0 Å². The minimum Gasteiger partial charge on any atom is -0.462 e. The van der Waals surface area contributed by atoms with Crippen LogP contribution in [0, 0.1) is 11.8 Å². The van der Waals surface area contributed by atoms with E-state index in [-0.39, 0.29) is 25.2 Å². The summed E-state index contributed by atoms with van der Waals surface area (Å²) in [4.78, 5) is 39.5. The molecule has 52 heavy (non-hydrogen) atoms. The van der Waals surface area contributed by atoms with Crippen LogP contribution in [0.4, 0.5) is 0 Å². The number of allylic oxidation sites excluding steroid dienone is 2. The highest BCUT2D eigenvalue weighted by Crippen LogP contribution is 2.37. The van der Waals surface area contributed by atoms with Gasteiger partial charge in [0.05, 0.1) is 42.5 Å². The summed E-state index contributed by atoms with van der Waals surface area (Å²) in [7, 11) is 4.86. The fourth-order valence-corrected chi connectivity index (χ4v) is 7.34. The molecule has 4 N–H and O–H groups in total. The van der Waals surface area contributed by atoms with Gasteiger partial charge in [-0.3, -0.25) is 9.59 Å². The second kappa shape index (κ2) is 19.9. The van der Waals surface area contributed by atoms with Gasteiger partial charge >= 0.3 is 11.9 Å². The standard InChI is InChI=1S/C37H61NO14/c1-20-17-25(15-16-39)33(34(46-9)27(50-24(5)40)18-28(42)47-21(2)13-11-10-12-14-26(20)41)52-36-31(43)30(38(7)8)32(22(3)49-36)51-29-19-37(6,45)35(44)23(4)48-29/h10-12,14,16,20-23,25-27,29-36,41,43-45H,13,15,17-19H2,1-9H3/b11-10+,14-12-/t20-,21-,22-,23+,25+,26+,27-,29+,30-,31-,32-,33+,34+,35+,36+,37-/m1/s1. The zero-order valence-corrected chi connectivity index (χ0v) is 31.9. The van der Waals surface area contributed by atoms with Gasteiger partial charge in [-0.1, -0.05) is 31.2 Å². The second-order valence-corrected chi connectivity index (χ2v) is 14.9. The molecule has 3 aliphatic rings. The summed E-state index contributed by atoms with van der Waals surface area (Å²) < 4.78 is 42.3. The minimum atomic E-state index is -1.48. The lowest BCUT2D eigenvalue weighted by atomic mass is 9.82. The lowest BCUT2D eigenvalue weighted by Gasteiger charge is -2.50. The Labute approximate surface area is 307 Å². The van der Waals surface area contributed by atoms with Crippen molar-refractivity contribution in [3.05, 3.63) is 24.3 Å². The van der Waals surface area contributed by atoms with Gasteiger partial charge in [0.15, 0.2) is 12.6 Å². The molecule has 0 aromatic carbocycles.